The van der Waals surface area contributed by atoms with Crippen molar-refractivity contribution in [2.24, 2.45) is 0 Å². The van der Waals surface area contributed by atoms with E-state index >= 15 is 0 Å². The molecule has 2 aromatic rings. The maximum absolute atomic E-state index is 12.9. The van der Waals surface area contributed by atoms with Gasteiger partial charge in [0.1, 0.15) is 0 Å². The summed E-state index contributed by atoms with van der Waals surface area (Å²) in [5, 5.41) is 12.5. The minimum Gasteiger partial charge on any atom is -0.492 e. The molecule has 2 rings (SSSR count). The third-order valence-corrected chi connectivity index (χ3v) is 5.12. The number of carboxylic acid groups (broad SMARTS) is 1. The molecule has 7 nitrogen and oxygen atoms in total. The summed E-state index contributed by atoms with van der Waals surface area (Å²) in [6.07, 6.45) is 7.39. The molecule has 1 heterocycles. The standard InChI is InChI=1S/C24H32N2O5/c1-4-6-7-16-31-22-19(18(5-2)24(28)29)8-9-20(21(22)30-3)23(27)26-15-12-17-10-13-25-14-11-17/h8-11,13-14,18H,4-7,12,15-16H2,1-3H3,(H,26,27)(H,28,29). The molecule has 0 saturated heterocycles. The van der Waals surface area contributed by atoms with Crippen LogP contribution in [0.15, 0.2) is 36.7 Å². The lowest BCUT2D eigenvalue weighted by molar-refractivity contribution is -0.138. The smallest absolute Gasteiger partial charge is 0.311 e. The number of carbonyl (C=O) groups excluding carboxylic acids is 1. The van der Waals surface area contributed by atoms with Crippen molar-refractivity contribution in [3.63, 3.8) is 0 Å². The van der Waals surface area contributed by atoms with E-state index in [1.807, 2.05) is 19.1 Å². The van der Waals surface area contributed by atoms with E-state index in [4.69, 9.17) is 9.47 Å². The zero-order chi connectivity index (χ0) is 22.6. The van der Waals surface area contributed by atoms with Crippen molar-refractivity contribution < 1.29 is 24.2 Å². The summed E-state index contributed by atoms with van der Waals surface area (Å²) in [5.41, 5.74) is 1.92. The fraction of sp³-hybridized carbons (Fsp3) is 0.458. The van der Waals surface area contributed by atoms with E-state index in [-0.39, 0.29) is 11.7 Å². The van der Waals surface area contributed by atoms with Gasteiger partial charge in [0.25, 0.3) is 5.91 Å². The highest BCUT2D eigenvalue weighted by Gasteiger charge is 2.27. The normalized spacial score (nSPS) is 11.6. The fourth-order valence-corrected chi connectivity index (χ4v) is 3.40. The molecule has 0 bridgehead atoms. The van der Waals surface area contributed by atoms with Crippen molar-refractivity contribution in [2.45, 2.75) is 51.9 Å². The third kappa shape index (κ3) is 6.70. The van der Waals surface area contributed by atoms with E-state index in [2.05, 4.69) is 17.2 Å². The number of hydrogen-bond donors (Lipinski definition) is 2. The molecule has 0 spiro atoms. The van der Waals surface area contributed by atoms with E-state index in [0.717, 1.165) is 24.8 Å². The van der Waals surface area contributed by atoms with Crippen LogP contribution in [0.4, 0.5) is 0 Å². The van der Waals surface area contributed by atoms with E-state index in [0.29, 0.717) is 42.9 Å². The Hall–Kier alpha value is -3.09. The highest BCUT2D eigenvalue weighted by molar-refractivity contribution is 5.98. The quantitative estimate of drug-likeness (QED) is 0.464. The van der Waals surface area contributed by atoms with Gasteiger partial charge in [0, 0.05) is 24.5 Å². The summed E-state index contributed by atoms with van der Waals surface area (Å²) in [6, 6.07) is 7.08. The van der Waals surface area contributed by atoms with E-state index in [9.17, 15) is 14.7 Å². The first-order chi connectivity index (χ1) is 15.0. The Balaban J connectivity index is 2.27. The number of aromatic nitrogens is 1. The minimum atomic E-state index is -0.933. The summed E-state index contributed by atoms with van der Waals surface area (Å²) in [5.74, 6) is -1.35. The molecule has 1 amide bonds. The fourth-order valence-electron chi connectivity index (χ4n) is 3.40. The van der Waals surface area contributed by atoms with Gasteiger partial charge in [-0.25, -0.2) is 0 Å². The molecule has 0 aliphatic heterocycles. The van der Waals surface area contributed by atoms with Crippen LogP contribution in [0.5, 0.6) is 11.5 Å². The molecular formula is C24H32N2O5. The predicted molar refractivity (Wildman–Crippen MR) is 119 cm³/mol. The predicted octanol–water partition coefficient (Wildman–Crippen LogP) is 4.21. The summed E-state index contributed by atoms with van der Waals surface area (Å²) < 4.78 is 11.5. The van der Waals surface area contributed by atoms with Crippen LogP contribution in [0.3, 0.4) is 0 Å². The molecule has 1 unspecified atom stereocenters. The average molecular weight is 429 g/mol. The van der Waals surface area contributed by atoms with Crippen LogP contribution < -0.4 is 14.8 Å². The molecule has 2 N–H and O–H groups in total. The van der Waals surface area contributed by atoms with E-state index in [1.165, 1.54) is 7.11 Å². The zero-order valence-corrected chi connectivity index (χ0v) is 18.5. The molecule has 0 aliphatic carbocycles. The molecule has 0 fully saturated rings. The number of rotatable bonds is 13. The van der Waals surface area contributed by atoms with Gasteiger partial charge in [-0.2, -0.15) is 0 Å². The van der Waals surface area contributed by atoms with Gasteiger partial charge in [-0.15, -0.1) is 0 Å². The Bertz CT molecular complexity index is 855. The van der Waals surface area contributed by atoms with Gasteiger partial charge >= 0.3 is 5.97 Å². The molecule has 0 aliphatic rings. The van der Waals surface area contributed by atoms with E-state index in [1.54, 1.807) is 24.5 Å². The van der Waals surface area contributed by atoms with Crippen LogP contribution in [0, 0.1) is 0 Å². The number of nitrogens with zero attached hydrogens (tertiary/aromatic N) is 1. The Morgan fingerprint density at radius 1 is 1.10 bits per heavy atom. The number of hydrogen-bond acceptors (Lipinski definition) is 5. The number of unbranched alkanes of at least 4 members (excludes halogenated alkanes) is 2. The Morgan fingerprint density at radius 3 is 2.45 bits per heavy atom. The highest BCUT2D eigenvalue weighted by atomic mass is 16.5. The topological polar surface area (TPSA) is 97.8 Å². The van der Waals surface area contributed by atoms with Crippen LogP contribution in [0.25, 0.3) is 0 Å². The van der Waals surface area contributed by atoms with Crippen molar-refractivity contribution >= 4 is 11.9 Å². The first-order valence-corrected chi connectivity index (χ1v) is 10.8. The minimum absolute atomic E-state index is 0.273. The molecule has 1 atom stereocenters. The Morgan fingerprint density at radius 2 is 1.84 bits per heavy atom. The van der Waals surface area contributed by atoms with Gasteiger partial charge in [0.15, 0.2) is 11.5 Å². The zero-order valence-electron chi connectivity index (χ0n) is 18.5. The van der Waals surface area contributed by atoms with Gasteiger partial charge in [-0.3, -0.25) is 14.6 Å². The van der Waals surface area contributed by atoms with Gasteiger partial charge in [0.05, 0.1) is 25.2 Å². The number of pyridine rings is 1. The van der Waals surface area contributed by atoms with Crippen LogP contribution in [-0.4, -0.2) is 42.2 Å². The third-order valence-electron chi connectivity index (χ3n) is 5.12. The largest absolute Gasteiger partial charge is 0.492 e. The highest BCUT2D eigenvalue weighted by Crippen LogP contribution is 2.40. The van der Waals surface area contributed by atoms with Gasteiger partial charge in [0.2, 0.25) is 0 Å². The van der Waals surface area contributed by atoms with Crippen LogP contribution in [0.1, 0.15) is 66.9 Å². The maximum Gasteiger partial charge on any atom is 0.311 e. The van der Waals surface area contributed by atoms with Crippen molar-refractivity contribution in [1.29, 1.82) is 0 Å². The monoisotopic (exact) mass is 428 g/mol. The second-order valence-electron chi connectivity index (χ2n) is 7.28. The second-order valence-corrected chi connectivity index (χ2v) is 7.28. The first-order valence-electron chi connectivity index (χ1n) is 10.8. The second kappa shape index (κ2) is 12.6. The summed E-state index contributed by atoms with van der Waals surface area (Å²) in [7, 11) is 1.47. The van der Waals surface area contributed by atoms with Crippen LogP contribution >= 0.6 is 0 Å². The molecule has 168 valence electrons. The molecule has 7 heteroatoms. The van der Waals surface area contributed by atoms with Gasteiger partial charge in [-0.05, 0) is 43.0 Å². The van der Waals surface area contributed by atoms with E-state index < -0.39 is 11.9 Å². The molecular weight excluding hydrogens is 396 g/mol. The lowest BCUT2D eigenvalue weighted by Crippen LogP contribution is -2.26. The number of benzene rings is 1. The summed E-state index contributed by atoms with van der Waals surface area (Å²) in [6.45, 7) is 4.79. The van der Waals surface area contributed by atoms with Gasteiger partial charge < -0.3 is 19.9 Å². The first kappa shape index (κ1) is 24.2. The number of methoxy groups -OCH3 is 1. The lowest BCUT2D eigenvalue weighted by atomic mass is 9.93. The Kier molecular flexibility index (Phi) is 9.81. The average Bonchev–Trinajstić information content (AvgIpc) is 2.77. The van der Waals surface area contributed by atoms with Crippen molar-refractivity contribution in [1.82, 2.24) is 10.3 Å². The summed E-state index contributed by atoms with van der Waals surface area (Å²) >= 11 is 0. The lowest BCUT2D eigenvalue weighted by Gasteiger charge is -2.21. The maximum atomic E-state index is 12.9. The van der Waals surface area contributed by atoms with Crippen LogP contribution in [0.2, 0.25) is 0 Å². The molecule has 0 radical (unpaired) electrons. The number of carbonyl (C=O) groups is 2. The van der Waals surface area contributed by atoms with Crippen molar-refractivity contribution in [2.75, 3.05) is 20.3 Å². The molecule has 1 aromatic heterocycles. The number of amides is 1. The number of carboxylic acids is 1. The Labute approximate surface area is 183 Å². The molecule has 1 aromatic carbocycles. The summed E-state index contributed by atoms with van der Waals surface area (Å²) in [4.78, 5) is 28.6. The number of ether oxygens (including phenoxy) is 2. The SMILES string of the molecule is CCCCCOc1c(C(CC)C(=O)O)ccc(C(=O)NCCc2ccncc2)c1OC. The van der Waals surface area contributed by atoms with Crippen molar-refractivity contribution in [3.8, 4) is 11.5 Å². The molecule has 0 saturated carbocycles. The van der Waals surface area contributed by atoms with Gasteiger partial charge in [-0.1, -0.05) is 32.8 Å². The van der Waals surface area contributed by atoms with Crippen LogP contribution in [-0.2, 0) is 11.2 Å². The number of nitrogens with one attached hydrogen (secondary N) is 1. The van der Waals surface area contributed by atoms with Crippen molar-refractivity contribution in [3.05, 3.63) is 53.3 Å². The molecule has 31 heavy (non-hydrogen) atoms. The number of aliphatic carboxylic acids is 1.